The first kappa shape index (κ1) is 18.3. The van der Waals surface area contributed by atoms with Crippen LogP contribution in [0.5, 0.6) is 0 Å². The SMILES string of the molecule is CC1=CC(=O)N(c2ccc(C(=O)OCCCC3(C)OCC3C)cc2)C1=O. The minimum Gasteiger partial charge on any atom is -0.462 e. The Morgan fingerprint density at radius 3 is 2.50 bits per heavy atom. The van der Waals surface area contributed by atoms with E-state index < -0.39 is 5.97 Å². The Morgan fingerprint density at radius 1 is 1.31 bits per heavy atom. The van der Waals surface area contributed by atoms with Gasteiger partial charge in [-0.2, -0.15) is 0 Å². The molecule has 0 spiro atoms. The third kappa shape index (κ3) is 3.42. The third-order valence-electron chi connectivity index (χ3n) is 5.22. The summed E-state index contributed by atoms with van der Waals surface area (Å²) in [5, 5.41) is 0. The van der Waals surface area contributed by atoms with E-state index in [-0.39, 0.29) is 17.4 Å². The maximum absolute atomic E-state index is 12.1. The van der Waals surface area contributed by atoms with Crippen LogP contribution in [0.3, 0.4) is 0 Å². The fourth-order valence-electron chi connectivity index (χ4n) is 3.10. The van der Waals surface area contributed by atoms with Gasteiger partial charge in [0.1, 0.15) is 0 Å². The quantitative estimate of drug-likeness (QED) is 0.445. The number of hydrogen-bond donors (Lipinski definition) is 0. The second kappa shape index (κ2) is 7.03. The summed E-state index contributed by atoms with van der Waals surface area (Å²) in [6.07, 6.45) is 2.90. The van der Waals surface area contributed by atoms with Crippen LogP contribution >= 0.6 is 0 Å². The molecular formula is C20H23NO5. The van der Waals surface area contributed by atoms with Crippen LogP contribution in [0.15, 0.2) is 35.9 Å². The van der Waals surface area contributed by atoms with Gasteiger partial charge < -0.3 is 9.47 Å². The maximum Gasteiger partial charge on any atom is 0.338 e. The lowest BCUT2D eigenvalue weighted by Gasteiger charge is -2.45. The van der Waals surface area contributed by atoms with Crippen LogP contribution in [0.2, 0.25) is 0 Å². The van der Waals surface area contributed by atoms with Crippen molar-refractivity contribution in [1.29, 1.82) is 0 Å². The molecule has 2 unspecified atom stereocenters. The summed E-state index contributed by atoms with van der Waals surface area (Å²) in [7, 11) is 0. The molecule has 1 aromatic rings. The fraction of sp³-hybridized carbons (Fsp3) is 0.450. The Hall–Kier alpha value is -2.47. The molecule has 1 aromatic carbocycles. The second-order valence-electron chi connectivity index (χ2n) is 7.12. The zero-order chi connectivity index (χ0) is 18.9. The molecule has 2 aliphatic rings. The van der Waals surface area contributed by atoms with Crippen molar-refractivity contribution in [3.8, 4) is 0 Å². The van der Waals surface area contributed by atoms with Crippen LogP contribution in [0.1, 0.15) is 44.0 Å². The summed E-state index contributed by atoms with van der Waals surface area (Å²) in [6, 6.07) is 6.27. The van der Waals surface area contributed by atoms with Crippen molar-refractivity contribution in [3.05, 3.63) is 41.5 Å². The van der Waals surface area contributed by atoms with Crippen molar-refractivity contribution in [1.82, 2.24) is 0 Å². The molecule has 0 bridgehead atoms. The molecule has 2 amide bonds. The standard InChI is InChI=1S/C20H23NO5/c1-13-11-17(22)21(18(13)23)16-7-5-15(6-8-16)19(24)25-10-4-9-20(3)14(2)12-26-20/h5-8,11,14H,4,9-10,12H2,1-3H3. The van der Waals surface area contributed by atoms with Gasteiger partial charge in [-0.15, -0.1) is 0 Å². The van der Waals surface area contributed by atoms with Crippen LogP contribution in [0.25, 0.3) is 0 Å². The number of ether oxygens (including phenoxy) is 2. The Morgan fingerprint density at radius 2 is 2.00 bits per heavy atom. The summed E-state index contributed by atoms with van der Waals surface area (Å²) in [6.45, 7) is 6.96. The van der Waals surface area contributed by atoms with Crippen molar-refractivity contribution in [2.24, 2.45) is 5.92 Å². The summed E-state index contributed by atoms with van der Waals surface area (Å²) >= 11 is 0. The lowest BCUT2D eigenvalue weighted by molar-refractivity contribution is -0.190. The van der Waals surface area contributed by atoms with Gasteiger partial charge in [0.2, 0.25) is 0 Å². The zero-order valence-electron chi connectivity index (χ0n) is 15.3. The molecule has 0 aliphatic carbocycles. The number of carbonyl (C=O) groups excluding carboxylic acids is 3. The molecule has 6 heteroatoms. The van der Waals surface area contributed by atoms with Crippen molar-refractivity contribution < 1.29 is 23.9 Å². The highest BCUT2D eigenvalue weighted by molar-refractivity contribution is 6.30. The molecule has 138 valence electrons. The molecule has 0 aromatic heterocycles. The number of anilines is 1. The molecule has 6 nitrogen and oxygen atoms in total. The largest absolute Gasteiger partial charge is 0.462 e. The summed E-state index contributed by atoms with van der Waals surface area (Å²) in [4.78, 5) is 37.0. The zero-order valence-corrected chi connectivity index (χ0v) is 15.3. The van der Waals surface area contributed by atoms with Gasteiger partial charge in [0.15, 0.2) is 0 Å². The van der Waals surface area contributed by atoms with E-state index in [2.05, 4.69) is 13.8 Å². The minimum absolute atomic E-state index is 0.102. The fourth-order valence-corrected chi connectivity index (χ4v) is 3.10. The summed E-state index contributed by atoms with van der Waals surface area (Å²) in [5.74, 6) is -0.604. The van der Waals surface area contributed by atoms with E-state index >= 15 is 0 Å². The van der Waals surface area contributed by atoms with E-state index in [0.717, 1.165) is 24.3 Å². The van der Waals surface area contributed by atoms with Crippen molar-refractivity contribution in [2.75, 3.05) is 18.1 Å². The smallest absolute Gasteiger partial charge is 0.338 e. The first-order chi connectivity index (χ1) is 12.3. The van der Waals surface area contributed by atoms with Gasteiger partial charge in [-0.3, -0.25) is 9.59 Å². The number of amides is 2. The van der Waals surface area contributed by atoms with Crippen LogP contribution in [-0.2, 0) is 19.1 Å². The molecule has 0 N–H and O–H groups in total. The number of imide groups is 1. The van der Waals surface area contributed by atoms with Crippen LogP contribution in [0, 0.1) is 5.92 Å². The Bertz CT molecular complexity index is 767. The molecule has 2 aliphatic heterocycles. The van der Waals surface area contributed by atoms with Gasteiger partial charge in [0.05, 0.1) is 30.1 Å². The predicted molar refractivity (Wildman–Crippen MR) is 95.7 cm³/mol. The number of hydrogen-bond acceptors (Lipinski definition) is 5. The molecule has 1 saturated heterocycles. The summed E-state index contributed by atoms with van der Waals surface area (Å²) in [5.41, 5.74) is 1.12. The summed E-state index contributed by atoms with van der Waals surface area (Å²) < 4.78 is 10.9. The highest BCUT2D eigenvalue weighted by Gasteiger charge is 2.40. The van der Waals surface area contributed by atoms with E-state index in [4.69, 9.17) is 9.47 Å². The Balaban J connectivity index is 1.51. The van der Waals surface area contributed by atoms with E-state index in [1.165, 1.54) is 6.08 Å². The first-order valence-corrected chi connectivity index (χ1v) is 8.80. The molecule has 0 saturated carbocycles. The van der Waals surface area contributed by atoms with Crippen LogP contribution < -0.4 is 4.90 Å². The average Bonchev–Trinajstić information content (AvgIpc) is 2.89. The highest BCUT2D eigenvalue weighted by atomic mass is 16.5. The molecule has 26 heavy (non-hydrogen) atoms. The van der Waals surface area contributed by atoms with E-state index in [9.17, 15) is 14.4 Å². The lowest BCUT2D eigenvalue weighted by atomic mass is 9.82. The van der Waals surface area contributed by atoms with E-state index in [1.807, 2.05) is 0 Å². The Labute approximate surface area is 152 Å². The normalized spacial score (nSPS) is 25.1. The number of esters is 1. The molecule has 2 atom stereocenters. The maximum atomic E-state index is 12.1. The van der Waals surface area contributed by atoms with E-state index in [0.29, 0.717) is 29.3 Å². The van der Waals surface area contributed by atoms with Gasteiger partial charge in [0.25, 0.3) is 11.8 Å². The van der Waals surface area contributed by atoms with Gasteiger partial charge in [-0.1, -0.05) is 6.92 Å². The topological polar surface area (TPSA) is 72.9 Å². The lowest BCUT2D eigenvalue weighted by Crippen LogP contribution is -2.49. The number of benzene rings is 1. The Kier molecular flexibility index (Phi) is 4.96. The molecular weight excluding hydrogens is 334 g/mol. The molecule has 2 heterocycles. The van der Waals surface area contributed by atoms with Crippen molar-refractivity contribution in [2.45, 2.75) is 39.2 Å². The first-order valence-electron chi connectivity index (χ1n) is 8.80. The predicted octanol–water partition coefficient (Wildman–Crippen LogP) is 2.87. The third-order valence-corrected chi connectivity index (χ3v) is 5.22. The van der Waals surface area contributed by atoms with Gasteiger partial charge in [0, 0.05) is 17.6 Å². The number of carbonyl (C=O) groups is 3. The molecule has 0 radical (unpaired) electrons. The van der Waals surface area contributed by atoms with Gasteiger partial charge in [-0.25, -0.2) is 9.69 Å². The molecule has 3 rings (SSSR count). The van der Waals surface area contributed by atoms with Gasteiger partial charge in [-0.05, 0) is 51.0 Å². The number of rotatable bonds is 6. The van der Waals surface area contributed by atoms with Crippen molar-refractivity contribution in [3.63, 3.8) is 0 Å². The van der Waals surface area contributed by atoms with Crippen LogP contribution in [0.4, 0.5) is 5.69 Å². The monoisotopic (exact) mass is 357 g/mol. The minimum atomic E-state index is -0.419. The number of nitrogens with zero attached hydrogens (tertiary/aromatic N) is 1. The molecule has 1 fully saturated rings. The highest BCUT2D eigenvalue weighted by Crippen LogP contribution is 2.36. The van der Waals surface area contributed by atoms with Crippen LogP contribution in [-0.4, -0.2) is 36.6 Å². The average molecular weight is 357 g/mol. The second-order valence-corrected chi connectivity index (χ2v) is 7.12. The van der Waals surface area contributed by atoms with E-state index in [1.54, 1.807) is 31.2 Å². The van der Waals surface area contributed by atoms with Crippen molar-refractivity contribution >= 4 is 23.5 Å². The van der Waals surface area contributed by atoms with Gasteiger partial charge >= 0.3 is 5.97 Å².